The topological polar surface area (TPSA) is 89.5 Å². The lowest BCUT2D eigenvalue weighted by atomic mass is 9.79. The van der Waals surface area contributed by atoms with E-state index in [1.165, 1.54) is 22.3 Å². The Morgan fingerprint density at radius 1 is 0.321 bits per heavy atom. The summed E-state index contributed by atoms with van der Waals surface area (Å²) in [6.45, 7) is 33.0. The first-order valence-corrected chi connectivity index (χ1v) is 32.2. The molecule has 84 heavy (non-hydrogen) atoms. The van der Waals surface area contributed by atoms with Crippen LogP contribution in [0.2, 0.25) is 0 Å². The van der Waals surface area contributed by atoms with E-state index >= 15 is 0 Å². The van der Waals surface area contributed by atoms with Gasteiger partial charge >= 0.3 is 16.5 Å². The van der Waals surface area contributed by atoms with Gasteiger partial charge < -0.3 is 35.3 Å². The van der Waals surface area contributed by atoms with E-state index in [0.717, 1.165) is 102 Å². The van der Waals surface area contributed by atoms with Crippen LogP contribution in [0.25, 0.3) is 43.9 Å². The summed E-state index contributed by atoms with van der Waals surface area (Å²) in [4.78, 5) is 0. The summed E-state index contributed by atoms with van der Waals surface area (Å²) < 4.78 is 57.2. The van der Waals surface area contributed by atoms with Gasteiger partial charge in [0.15, 0.2) is 0 Å². The molecule has 0 atom stereocenters. The SMILES string of the molecule is CCCOc1c2cc(C(C)(C)C)cc1Cc1cc(C(C)(C)C)cc(c1Op1oc3ccccc3c3ccccc3o1)Cc1cc(C(C)(C)C)cc(c1OCCC)Cc1cc(C(C)(C)C)cc(c1Op1oc3ccccc3c3ccccc3o1)C2. The van der Waals surface area contributed by atoms with Crippen molar-refractivity contribution in [2.75, 3.05) is 13.2 Å². The molecule has 0 saturated heterocycles. The van der Waals surface area contributed by atoms with Crippen LogP contribution in [0.4, 0.5) is 0 Å². The number of benzene rings is 8. The molecule has 0 N–H and O–H groups in total. The Morgan fingerprint density at radius 2 is 0.536 bits per heavy atom. The number of ether oxygens (including phenoxy) is 2. The van der Waals surface area contributed by atoms with Crippen molar-refractivity contribution in [1.29, 1.82) is 0 Å². The minimum atomic E-state index is -2.04. The van der Waals surface area contributed by atoms with Gasteiger partial charge in [-0.1, -0.05) is 218 Å². The molecule has 8 bridgehead atoms. The maximum Gasteiger partial charge on any atom is 0.453 e. The van der Waals surface area contributed by atoms with Gasteiger partial charge in [0.2, 0.25) is 0 Å². The van der Waals surface area contributed by atoms with Crippen molar-refractivity contribution >= 4 is 60.4 Å². The largest absolute Gasteiger partial charge is 0.493 e. The van der Waals surface area contributed by atoms with E-state index in [9.17, 15) is 0 Å². The Kier molecular flexibility index (Phi) is 16.2. The van der Waals surface area contributed by atoms with Crippen molar-refractivity contribution in [2.24, 2.45) is 0 Å². The second-order valence-electron chi connectivity index (χ2n) is 26.9. The van der Waals surface area contributed by atoms with Crippen LogP contribution in [0.3, 0.4) is 0 Å². The Hall–Kier alpha value is -7.24. The van der Waals surface area contributed by atoms with Crippen LogP contribution in [0.1, 0.15) is 177 Å². The van der Waals surface area contributed by atoms with Crippen LogP contribution in [-0.2, 0) is 47.3 Å². The summed E-state index contributed by atoms with van der Waals surface area (Å²) in [5, 5.41) is 3.83. The molecule has 10 aromatic rings. The average molecular weight is 1160 g/mol. The zero-order valence-electron chi connectivity index (χ0n) is 51.7. The summed E-state index contributed by atoms with van der Waals surface area (Å²) >= 11 is 0. The van der Waals surface area contributed by atoms with Crippen molar-refractivity contribution in [3.63, 3.8) is 0 Å². The number of para-hydroxylation sites is 4. The van der Waals surface area contributed by atoms with Crippen LogP contribution in [0, 0.1) is 0 Å². The highest BCUT2D eigenvalue weighted by molar-refractivity contribution is 7.32. The molecule has 0 aliphatic heterocycles. The van der Waals surface area contributed by atoms with Crippen LogP contribution < -0.4 is 18.5 Å². The molecule has 1 aliphatic rings. The van der Waals surface area contributed by atoms with Crippen molar-refractivity contribution in [3.05, 3.63) is 212 Å². The molecule has 8 nitrogen and oxygen atoms in total. The third kappa shape index (κ3) is 12.4. The number of fused-ring (bicyclic) bond motifs is 14. The van der Waals surface area contributed by atoms with Crippen LogP contribution in [0.5, 0.6) is 23.0 Å². The first kappa shape index (κ1) is 58.5. The van der Waals surface area contributed by atoms with E-state index in [-0.39, 0.29) is 21.7 Å². The van der Waals surface area contributed by atoms with Gasteiger partial charge in [0, 0.05) is 69.5 Å². The van der Waals surface area contributed by atoms with Crippen LogP contribution in [-0.4, -0.2) is 13.2 Å². The summed E-state index contributed by atoms with van der Waals surface area (Å²) in [6, 6.07) is 51.5. The first-order valence-electron chi connectivity index (χ1n) is 30.0. The Labute approximate surface area is 498 Å². The predicted molar refractivity (Wildman–Crippen MR) is 348 cm³/mol. The van der Waals surface area contributed by atoms with Gasteiger partial charge in [0.05, 0.1) is 13.2 Å². The maximum absolute atomic E-state index is 7.53. The van der Waals surface area contributed by atoms with Gasteiger partial charge in [-0.3, -0.25) is 0 Å². The van der Waals surface area contributed by atoms with E-state index in [1.807, 2.05) is 72.8 Å². The van der Waals surface area contributed by atoms with Crippen molar-refractivity contribution in [3.8, 4) is 23.0 Å². The molecule has 0 saturated carbocycles. The summed E-state index contributed by atoms with van der Waals surface area (Å²) in [5.74, 6) is 3.19. The third-order valence-electron chi connectivity index (χ3n) is 16.0. The van der Waals surface area contributed by atoms with Gasteiger partial charge in [0.1, 0.15) is 45.3 Å². The minimum absolute atomic E-state index is 0.233. The molecule has 0 unspecified atom stereocenters. The van der Waals surface area contributed by atoms with Crippen molar-refractivity contribution in [1.82, 2.24) is 0 Å². The van der Waals surface area contributed by atoms with E-state index < -0.39 is 16.5 Å². The minimum Gasteiger partial charge on any atom is -0.493 e. The second-order valence-corrected chi connectivity index (χ2v) is 28.9. The number of hydrogen-bond donors (Lipinski definition) is 0. The van der Waals surface area contributed by atoms with Gasteiger partial charge in [-0.15, -0.1) is 0 Å². The van der Waals surface area contributed by atoms with E-state index in [2.05, 4.69) is 170 Å². The fourth-order valence-corrected chi connectivity index (χ4v) is 13.6. The Bertz CT molecular complexity index is 3690. The zero-order valence-corrected chi connectivity index (χ0v) is 53.5. The number of rotatable bonds is 10. The average Bonchev–Trinajstić information content (AvgIpc) is 2.99. The highest BCUT2D eigenvalue weighted by Gasteiger charge is 2.31. The second kappa shape index (κ2) is 23.3. The molecule has 8 aromatic carbocycles. The first-order chi connectivity index (χ1) is 40.0. The standard InChI is InChI=1S/C74H82O8P2/c1-15-33-75-67-47-35-51-43-57(73(9,10)11)45-53(69(51)81-83-77-63-29-21-17-25-59(63)60-26-18-22-30-64(60)78-83)37-49-41-56(72(6,7)8)42-50(68(49)76-34-16-2)38-54-46-58(74(12,13)14)44-52(36-48(67)40-55(39-47)71(3,4)5)70(54)82-84-79-65-31-23-19-27-61(65)62-28-20-24-32-66(62)80-84/h17-32,39-46H,15-16,33-38H2,1-14H3. The monoisotopic (exact) mass is 1160 g/mol. The van der Waals surface area contributed by atoms with Gasteiger partial charge in [-0.05, 0) is 103 Å². The van der Waals surface area contributed by atoms with Gasteiger partial charge in [0.25, 0.3) is 0 Å². The zero-order chi connectivity index (χ0) is 59.3. The molecule has 0 amide bonds. The molecular formula is C74H82O8P2. The van der Waals surface area contributed by atoms with Gasteiger partial charge in [-0.25, -0.2) is 0 Å². The summed E-state index contributed by atoms with van der Waals surface area (Å²) in [5.41, 5.74) is 15.0. The summed E-state index contributed by atoms with van der Waals surface area (Å²) in [6.07, 6.45) is 3.63. The fraction of sp³-hybridized carbons (Fsp3) is 0.351. The summed E-state index contributed by atoms with van der Waals surface area (Å²) in [7, 11) is -4.08. The van der Waals surface area contributed by atoms with Crippen molar-refractivity contribution in [2.45, 2.75) is 157 Å². The number of hydrogen-bond acceptors (Lipinski definition) is 8. The smallest absolute Gasteiger partial charge is 0.453 e. The molecule has 2 heterocycles. The fourth-order valence-electron chi connectivity index (χ4n) is 11.3. The lowest BCUT2D eigenvalue weighted by molar-refractivity contribution is 0.311. The molecule has 0 radical (unpaired) electrons. The molecule has 1 aliphatic carbocycles. The highest BCUT2D eigenvalue weighted by atomic mass is 31.1. The normalized spacial score (nSPS) is 13.1. The molecule has 11 rings (SSSR count). The molecule has 436 valence electrons. The highest BCUT2D eigenvalue weighted by Crippen LogP contribution is 2.49. The molecular weight excluding hydrogens is 1080 g/mol. The van der Waals surface area contributed by atoms with E-state index in [0.29, 0.717) is 61.2 Å². The Balaban J connectivity index is 1.26. The lowest BCUT2D eigenvalue weighted by Crippen LogP contribution is -2.17. The predicted octanol–water partition coefficient (Wildman–Crippen LogP) is 22.0. The van der Waals surface area contributed by atoms with E-state index in [4.69, 9.17) is 35.3 Å². The Morgan fingerprint density at radius 3 is 0.750 bits per heavy atom. The molecule has 2 aromatic heterocycles. The molecule has 0 fully saturated rings. The van der Waals surface area contributed by atoms with Gasteiger partial charge in [-0.2, -0.15) is 0 Å². The van der Waals surface area contributed by atoms with Crippen LogP contribution >= 0.6 is 16.5 Å². The molecule has 0 spiro atoms. The lowest BCUT2D eigenvalue weighted by Gasteiger charge is -2.29. The van der Waals surface area contributed by atoms with E-state index in [1.54, 1.807) is 0 Å². The third-order valence-corrected chi connectivity index (χ3v) is 18.1. The molecule has 10 heteroatoms. The maximum atomic E-state index is 7.53. The van der Waals surface area contributed by atoms with Crippen LogP contribution in [0.15, 0.2) is 162 Å². The quantitative estimate of drug-likeness (QED) is 0.134. The van der Waals surface area contributed by atoms with Crippen molar-refractivity contribution < 1.29 is 35.3 Å².